The van der Waals surface area contributed by atoms with Crippen molar-refractivity contribution >= 4 is 16.0 Å². The summed E-state index contributed by atoms with van der Waals surface area (Å²) in [5.41, 5.74) is 7.84. The van der Waals surface area contributed by atoms with Gasteiger partial charge in [-0.05, 0) is 54.9 Å². The molecule has 10 heteroatoms. The number of benzene rings is 2. The largest absolute Gasteiger partial charge is 0.462 e. The van der Waals surface area contributed by atoms with Gasteiger partial charge in [0, 0.05) is 42.3 Å². The number of rotatable bonds is 13. The van der Waals surface area contributed by atoms with Crippen molar-refractivity contribution in [3.05, 3.63) is 65.7 Å². The van der Waals surface area contributed by atoms with Gasteiger partial charge in [-0.2, -0.15) is 4.31 Å². The molecule has 7 atom stereocenters. The summed E-state index contributed by atoms with van der Waals surface area (Å²) in [6.07, 6.45) is 1.54. The maximum atomic E-state index is 13.9. The molecule has 0 aromatic heterocycles. The van der Waals surface area contributed by atoms with Crippen LogP contribution in [0, 0.1) is 29.6 Å². The Hall–Kier alpha value is -2.34. The molecular formula is C33H44N2O7S. The topological polar surface area (TPSA) is 128 Å². The molecule has 43 heavy (non-hydrogen) atoms. The highest BCUT2D eigenvalue weighted by atomic mass is 32.2. The van der Waals surface area contributed by atoms with Crippen molar-refractivity contribution in [2.75, 3.05) is 26.3 Å². The molecule has 2 aromatic rings. The van der Waals surface area contributed by atoms with Crippen LogP contribution < -0.4 is 5.73 Å². The lowest BCUT2D eigenvalue weighted by molar-refractivity contribution is -0.178. The summed E-state index contributed by atoms with van der Waals surface area (Å²) in [5.74, 6) is -0.358. The number of ether oxygens (including phenoxy) is 3. The molecule has 0 spiro atoms. The van der Waals surface area contributed by atoms with Gasteiger partial charge in [0.15, 0.2) is 6.29 Å². The van der Waals surface area contributed by atoms with Crippen molar-refractivity contribution in [2.45, 2.75) is 74.9 Å². The second-order valence-corrected chi connectivity index (χ2v) is 15.4. The van der Waals surface area contributed by atoms with Crippen molar-refractivity contribution in [3.63, 3.8) is 0 Å². The second-order valence-electron chi connectivity index (χ2n) is 13.4. The van der Waals surface area contributed by atoms with Crippen LogP contribution in [0.5, 0.6) is 0 Å². The number of carbonyl (C=O) groups excluding carboxylic acids is 1. The molecule has 6 rings (SSSR count). The van der Waals surface area contributed by atoms with Gasteiger partial charge in [-0.1, -0.05) is 56.3 Å². The molecule has 2 bridgehead atoms. The van der Waals surface area contributed by atoms with Crippen LogP contribution >= 0.6 is 0 Å². The van der Waals surface area contributed by atoms with Gasteiger partial charge in [0.2, 0.25) is 10.0 Å². The molecule has 3 N–H and O–H groups in total. The molecule has 5 unspecified atom stereocenters. The molecule has 2 heterocycles. The van der Waals surface area contributed by atoms with E-state index in [0.717, 1.165) is 30.4 Å². The maximum absolute atomic E-state index is 13.9. The van der Waals surface area contributed by atoms with Gasteiger partial charge in [-0.15, -0.1) is 0 Å². The lowest BCUT2D eigenvalue weighted by Crippen LogP contribution is -2.43. The molecular weight excluding hydrogens is 568 g/mol. The van der Waals surface area contributed by atoms with Gasteiger partial charge >= 0.3 is 5.97 Å². The summed E-state index contributed by atoms with van der Waals surface area (Å²) in [5, 5.41) is 11.6. The Morgan fingerprint density at radius 3 is 2.42 bits per heavy atom. The minimum absolute atomic E-state index is 0.0232. The van der Waals surface area contributed by atoms with E-state index in [1.54, 1.807) is 24.3 Å². The number of aliphatic hydroxyl groups excluding tert-OH is 1. The van der Waals surface area contributed by atoms with E-state index in [-0.39, 0.29) is 72.0 Å². The molecule has 2 aliphatic carbocycles. The van der Waals surface area contributed by atoms with E-state index in [0.29, 0.717) is 19.6 Å². The predicted octanol–water partition coefficient (Wildman–Crippen LogP) is 3.44. The number of nitrogens with two attached hydrogens (primary N) is 1. The van der Waals surface area contributed by atoms with Gasteiger partial charge in [0.25, 0.3) is 0 Å². The molecule has 2 aromatic carbocycles. The van der Waals surface area contributed by atoms with Crippen molar-refractivity contribution in [2.24, 2.45) is 35.3 Å². The van der Waals surface area contributed by atoms with Crippen LogP contribution in [0.1, 0.15) is 50.7 Å². The van der Waals surface area contributed by atoms with Crippen molar-refractivity contribution in [1.29, 1.82) is 0 Å². The zero-order chi connectivity index (χ0) is 30.4. The fraction of sp³-hybridized carbons (Fsp3) is 0.606. The minimum Gasteiger partial charge on any atom is -0.462 e. The highest BCUT2D eigenvalue weighted by Crippen LogP contribution is 2.49. The van der Waals surface area contributed by atoms with E-state index < -0.39 is 22.0 Å². The summed E-state index contributed by atoms with van der Waals surface area (Å²) in [4.78, 5) is 13.6. The van der Waals surface area contributed by atoms with Crippen LogP contribution in [-0.2, 0) is 41.0 Å². The highest BCUT2D eigenvalue weighted by Gasteiger charge is 2.56. The van der Waals surface area contributed by atoms with E-state index in [1.807, 2.05) is 44.2 Å². The average Bonchev–Trinajstić information content (AvgIpc) is 3.50. The number of hydrogen-bond donors (Lipinski definition) is 2. The molecule has 2 aliphatic heterocycles. The molecule has 9 nitrogen and oxygen atoms in total. The van der Waals surface area contributed by atoms with Crippen molar-refractivity contribution in [3.8, 4) is 0 Å². The van der Waals surface area contributed by atoms with Gasteiger partial charge in [-0.25, -0.2) is 8.42 Å². The van der Waals surface area contributed by atoms with E-state index in [4.69, 9.17) is 19.9 Å². The third kappa shape index (κ3) is 6.55. The Morgan fingerprint density at radius 1 is 1.05 bits per heavy atom. The zero-order valence-electron chi connectivity index (χ0n) is 25.0. The molecule has 234 valence electrons. The molecule has 0 amide bonds. The molecule has 2 saturated carbocycles. The van der Waals surface area contributed by atoms with E-state index in [2.05, 4.69) is 0 Å². The third-order valence-corrected chi connectivity index (χ3v) is 11.5. The highest BCUT2D eigenvalue weighted by molar-refractivity contribution is 7.89. The zero-order valence-corrected chi connectivity index (χ0v) is 25.8. The maximum Gasteiger partial charge on any atom is 0.306 e. The Kier molecular flexibility index (Phi) is 8.71. The first kappa shape index (κ1) is 30.7. The van der Waals surface area contributed by atoms with Crippen LogP contribution in [0.4, 0.5) is 0 Å². The van der Waals surface area contributed by atoms with Gasteiger partial charge in [0.05, 0.1) is 30.6 Å². The summed E-state index contributed by atoms with van der Waals surface area (Å²) >= 11 is 0. The number of esters is 1. The van der Waals surface area contributed by atoms with Crippen molar-refractivity contribution in [1.82, 2.24) is 4.31 Å². The number of nitrogens with zero attached hydrogens (tertiary/aromatic N) is 1. The fourth-order valence-electron chi connectivity index (χ4n) is 7.09. The number of aliphatic hydroxyl groups is 1. The standard InChI is InChI=1S/C33H44N2O7S/c1-21(2)17-35(43(38,39)26-10-8-25(9-11-26)33(34)12-13-33)18-29(36)23(14-22-6-4-3-5-7-22)16-30(37)42-31-24-15-27-28(31)20-41-32(27)40-19-24/h3-11,21,23-24,27-29,31-32,36H,12-20,34H2,1-2H3/t23-,24?,27?,28?,29-,31?,32?/m1/s1. The predicted molar refractivity (Wildman–Crippen MR) is 160 cm³/mol. The first-order valence-electron chi connectivity index (χ1n) is 15.6. The lowest BCUT2D eigenvalue weighted by Gasteiger charge is -2.31. The number of carbonyl (C=O) groups is 1. The van der Waals surface area contributed by atoms with Gasteiger partial charge in [0.1, 0.15) is 6.10 Å². The van der Waals surface area contributed by atoms with Crippen LogP contribution in [0.2, 0.25) is 0 Å². The Bertz CT molecular complexity index is 1380. The monoisotopic (exact) mass is 612 g/mol. The van der Waals surface area contributed by atoms with E-state index >= 15 is 0 Å². The first-order valence-corrected chi connectivity index (χ1v) is 17.0. The lowest BCUT2D eigenvalue weighted by atomic mass is 9.90. The van der Waals surface area contributed by atoms with Gasteiger partial charge < -0.3 is 25.1 Å². The minimum atomic E-state index is -3.91. The first-order chi connectivity index (χ1) is 20.5. The average molecular weight is 613 g/mol. The number of fused-ring (bicyclic) bond motifs is 1. The Morgan fingerprint density at radius 2 is 1.74 bits per heavy atom. The van der Waals surface area contributed by atoms with E-state index in [1.165, 1.54) is 4.31 Å². The van der Waals surface area contributed by atoms with Crippen LogP contribution in [0.15, 0.2) is 59.5 Å². The third-order valence-electron chi connectivity index (χ3n) is 9.68. The van der Waals surface area contributed by atoms with Crippen LogP contribution in [0.25, 0.3) is 0 Å². The Labute approximate surface area is 254 Å². The molecule has 0 radical (unpaired) electrons. The smallest absolute Gasteiger partial charge is 0.306 e. The number of sulfonamides is 1. The van der Waals surface area contributed by atoms with Crippen LogP contribution in [-0.4, -0.2) is 68.6 Å². The SMILES string of the molecule is CC(C)CN(C[C@@H](O)[C@@H](CC(=O)OC1C2COC3OCC1C3C2)Cc1ccccc1)S(=O)(=O)c1ccc(C2(N)CC2)cc1. The molecule has 4 aliphatic rings. The van der Waals surface area contributed by atoms with Gasteiger partial charge in [-0.3, -0.25) is 4.79 Å². The number of hydrogen-bond acceptors (Lipinski definition) is 8. The molecule has 2 saturated heterocycles. The summed E-state index contributed by atoms with van der Waals surface area (Å²) in [6, 6.07) is 16.4. The Balaban J connectivity index is 1.18. The summed E-state index contributed by atoms with van der Waals surface area (Å²) in [6.45, 7) is 5.03. The fourth-order valence-corrected chi connectivity index (χ4v) is 8.71. The van der Waals surface area contributed by atoms with E-state index in [9.17, 15) is 18.3 Å². The normalized spacial score (nSPS) is 28.7. The van der Waals surface area contributed by atoms with Crippen molar-refractivity contribution < 1.29 is 32.5 Å². The second kappa shape index (κ2) is 12.2. The quantitative estimate of drug-likeness (QED) is 0.330. The summed E-state index contributed by atoms with van der Waals surface area (Å²) in [7, 11) is -3.91. The van der Waals surface area contributed by atoms with Crippen LogP contribution in [0.3, 0.4) is 0 Å². The molecule has 4 fully saturated rings. The summed E-state index contributed by atoms with van der Waals surface area (Å²) < 4.78 is 46.7.